The van der Waals surface area contributed by atoms with Crippen LogP contribution in [0.15, 0.2) is 24.3 Å². The maximum absolute atomic E-state index is 12.0. The molecule has 2 rings (SSSR count). The summed E-state index contributed by atoms with van der Waals surface area (Å²) in [7, 11) is 1.81. The summed E-state index contributed by atoms with van der Waals surface area (Å²) < 4.78 is 0. The van der Waals surface area contributed by atoms with Crippen LogP contribution in [-0.4, -0.2) is 23.1 Å². The molecule has 25 heavy (non-hydrogen) atoms. The van der Waals surface area contributed by atoms with Gasteiger partial charge in [-0.2, -0.15) is 0 Å². The van der Waals surface area contributed by atoms with Crippen molar-refractivity contribution in [3.63, 3.8) is 0 Å². The van der Waals surface area contributed by atoms with E-state index in [4.69, 9.17) is 10.7 Å². The Morgan fingerprint density at radius 2 is 1.84 bits per heavy atom. The quantitative estimate of drug-likeness (QED) is 0.718. The van der Waals surface area contributed by atoms with E-state index in [0.29, 0.717) is 5.69 Å². The molecule has 5 nitrogen and oxygen atoms in total. The third-order valence-corrected chi connectivity index (χ3v) is 5.08. The zero-order valence-electron chi connectivity index (χ0n) is 15.8. The van der Waals surface area contributed by atoms with Crippen LogP contribution >= 0.6 is 0 Å². The maximum atomic E-state index is 12.0. The molecular formula is C20H27N3O2. The molecular weight excluding hydrogens is 314 g/mol. The van der Waals surface area contributed by atoms with Crippen molar-refractivity contribution in [3.8, 4) is 0 Å². The van der Waals surface area contributed by atoms with Crippen LogP contribution in [0.25, 0.3) is 0 Å². The Morgan fingerprint density at radius 3 is 2.36 bits per heavy atom. The number of hydrogen-bond acceptors (Lipinski definition) is 4. The second-order valence-corrected chi connectivity index (χ2v) is 7.09. The lowest BCUT2D eigenvalue weighted by atomic mass is 9.71. The molecule has 1 unspecified atom stereocenters. The average molecular weight is 341 g/mol. The summed E-state index contributed by atoms with van der Waals surface area (Å²) in [6.07, 6.45) is 0. The Morgan fingerprint density at radius 1 is 1.20 bits per heavy atom. The van der Waals surface area contributed by atoms with Gasteiger partial charge in [-0.15, -0.1) is 0 Å². The number of carboxylic acids is 1. The molecule has 134 valence electrons. The number of nitrogens with zero attached hydrogens (tertiary/aromatic N) is 1. The first-order valence-corrected chi connectivity index (χ1v) is 8.35. The number of aliphatic carboxylic acids is 1. The standard InChI is InChI=1S/C20H27N3O2/c1-11-7-9-15(23-13(11)3)17(20(4,5)19(24)25)14-8-10-16(22-6)18(21)12(14)2/h7-10,17,22H,21H2,1-6H3,(H,24,25). The highest BCUT2D eigenvalue weighted by molar-refractivity contribution is 5.78. The van der Waals surface area contributed by atoms with Gasteiger partial charge in [0.2, 0.25) is 0 Å². The van der Waals surface area contributed by atoms with Crippen LogP contribution in [0, 0.1) is 26.2 Å². The number of rotatable bonds is 5. The summed E-state index contributed by atoms with van der Waals surface area (Å²) in [6, 6.07) is 7.75. The van der Waals surface area contributed by atoms with Gasteiger partial charge in [0.25, 0.3) is 0 Å². The molecule has 1 aromatic heterocycles. The fraction of sp³-hybridized carbons (Fsp3) is 0.400. The minimum Gasteiger partial charge on any atom is -0.481 e. The molecule has 0 radical (unpaired) electrons. The summed E-state index contributed by atoms with van der Waals surface area (Å²) >= 11 is 0. The van der Waals surface area contributed by atoms with E-state index in [0.717, 1.165) is 33.8 Å². The van der Waals surface area contributed by atoms with Gasteiger partial charge in [-0.1, -0.05) is 12.1 Å². The number of pyridine rings is 1. The Bertz CT molecular complexity index is 813. The van der Waals surface area contributed by atoms with Crippen LogP contribution in [0.3, 0.4) is 0 Å². The number of carbonyl (C=O) groups is 1. The lowest BCUT2D eigenvalue weighted by Crippen LogP contribution is -2.33. The van der Waals surface area contributed by atoms with E-state index in [1.54, 1.807) is 13.8 Å². The molecule has 0 aliphatic carbocycles. The van der Waals surface area contributed by atoms with Gasteiger partial charge in [0.15, 0.2) is 0 Å². The second kappa shape index (κ2) is 6.75. The Kier molecular flexibility index (Phi) is 5.07. The number of aromatic nitrogens is 1. The maximum Gasteiger partial charge on any atom is 0.310 e. The lowest BCUT2D eigenvalue weighted by molar-refractivity contribution is -0.147. The highest BCUT2D eigenvalue weighted by atomic mass is 16.4. The Labute approximate surface area is 149 Å². The Hall–Kier alpha value is -2.56. The number of aryl methyl sites for hydroxylation is 2. The van der Waals surface area contributed by atoms with E-state index < -0.39 is 17.3 Å². The van der Waals surface area contributed by atoms with E-state index in [2.05, 4.69) is 5.32 Å². The van der Waals surface area contributed by atoms with Crippen molar-refractivity contribution in [2.75, 3.05) is 18.1 Å². The zero-order valence-corrected chi connectivity index (χ0v) is 15.8. The third kappa shape index (κ3) is 3.31. The number of carboxylic acid groups (broad SMARTS) is 1. The molecule has 5 heteroatoms. The first-order chi connectivity index (χ1) is 11.6. The minimum atomic E-state index is -1.03. The zero-order chi connectivity index (χ0) is 18.9. The number of anilines is 2. The molecule has 1 heterocycles. The topological polar surface area (TPSA) is 88.2 Å². The minimum absolute atomic E-state index is 0.405. The molecule has 1 atom stereocenters. The fourth-order valence-corrected chi connectivity index (χ4v) is 3.13. The largest absolute Gasteiger partial charge is 0.481 e. The van der Waals surface area contributed by atoms with Gasteiger partial charge >= 0.3 is 5.97 Å². The summed E-state index contributed by atoms with van der Waals surface area (Å²) in [5, 5.41) is 12.9. The van der Waals surface area contributed by atoms with Crippen molar-refractivity contribution in [2.24, 2.45) is 5.41 Å². The second-order valence-electron chi connectivity index (χ2n) is 7.09. The molecule has 0 saturated heterocycles. The molecule has 0 fully saturated rings. The monoisotopic (exact) mass is 341 g/mol. The normalized spacial score (nSPS) is 12.7. The van der Waals surface area contributed by atoms with E-state index in [1.807, 2.05) is 52.1 Å². The van der Waals surface area contributed by atoms with E-state index in [-0.39, 0.29) is 0 Å². The summed E-state index contributed by atoms with van der Waals surface area (Å²) in [5.74, 6) is -1.27. The van der Waals surface area contributed by atoms with E-state index >= 15 is 0 Å². The van der Waals surface area contributed by atoms with Crippen molar-refractivity contribution in [3.05, 3.63) is 52.3 Å². The number of benzene rings is 1. The average Bonchev–Trinajstić information content (AvgIpc) is 2.55. The van der Waals surface area contributed by atoms with Gasteiger partial charge < -0.3 is 16.2 Å². The molecule has 0 aliphatic heterocycles. The first kappa shape index (κ1) is 18.8. The van der Waals surface area contributed by atoms with Crippen LogP contribution in [0.1, 0.15) is 47.8 Å². The van der Waals surface area contributed by atoms with Crippen molar-refractivity contribution in [2.45, 2.75) is 40.5 Å². The molecule has 2 aromatic rings. The van der Waals surface area contributed by atoms with Crippen LogP contribution in [0.2, 0.25) is 0 Å². The summed E-state index contributed by atoms with van der Waals surface area (Å²) in [6.45, 7) is 9.33. The van der Waals surface area contributed by atoms with Gasteiger partial charge in [-0.3, -0.25) is 9.78 Å². The molecule has 0 saturated carbocycles. The molecule has 0 spiro atoms. The van der Waals surface area contributed by atoms with Crippen LogP contribution in [0.4, 0.5) is 11.4 Å². The van der Waals surface area contributed by atoms with Crippen LogP contribution < -0.4 is 11.1 Å². The third-order valence-electron chi connectivity index (χ3n) is 5.08. The number of nitrogens with two attached hydrogens (primary N) is 1. The van der Waals surface area contributed by atoms with Gasteiger partial charge in [-0.05, 0) is 63.4 Å². The number of nitrogens with one attached hydrogen (secondary N) is 1. The lowest BCUT2D eigenvalue weighted by Gasteiger charge is -2.32. The predicted octanol–water partition coefficient (Wildman–Crippen LogP) is 3.87. The van der Waals surface area contributed by atoms with Gasteiger partial charge in [0.05, 0.1) is 16.8 Å². The van der Waals surface area contributed by atoms with Crippen LogP contribution in [-0.2, 0) is 4.79 Å². The smallest absolute Gasteiger partial charge is 0.310 e. The van der Waals surface area contributed by atoms with E-state index in [9.17, 15) is 9.90 Å². The summed E-state index contributed by atoms with van der Waals surface area (Å²) in [5.41, 5.74) is 11.2. The molecule has 0 amide bonds. The van der Waals surface area contributed by atoms with Gasteiger partial charge in [0.1, 0.15) is 0 Å². The SMILES string of the molecule is CNc1ccc(C(c2ccc(C)c(C)n2)C(C)(C)C(=O)O)c(C)c1N. The number of nitrogen functional groups attached to an aromatic ring is 1. The molecule has 0 bridgehead atoms. The Balaban J connectivity index is 2.74. The summed E-state index contributed by atoms with van der Waals surface area (Å²) in [4.78, 5) is 16.7. The fourth-order valence-electron chi connectivity index (χ4n) is 3.13. The highest BCUT2D eigenvalue weighted by Crippen LogP contribution is 2.43. The first-order valence-electron chi connectivity index (χ1n) is 8.35. The highest BCUT2D eigenvalue weighted by Gasteiger charge is 2.41. The van der Waals surface area contributed by atoms with Crippen molar-refractivity contribution in [1.82, 2.24) is 4.98 Å². The molecule has 1 aromatic carbocycles. The number of hydrogen-bond donors (Lipinski definition) is 3. The predicted molar refractivity (Wildman–Crippen MR) is 102 cm³/mol. The molecule has 4 N–H and O–H groups in total. The van der Waals surface area contributed by atoms with Crippen molar-refractivity contribution in [1.29, 1.82) is 0 Å². The van der Waals surface area contributed by atoms with Gasteiger partial charge in [-0.25, -0.2) is 0 Å². The van der Waals surface area contributed by atoms with Crippen molar-refractivity contribution < 1.29 is 9.90 Å². The molecule has 0 aliphatic rings. The van der Waals surface area contributed by atoms with Gasteiger partial charge in [0, 0.05) is 24.4 Å². The van der Waals surface area contributed by atoms with E-state index in [1.165, 1.54) is 0 Å². The van der Waals surface area contributed by atoms with Crippen LogP contribution in [0.5, 0.6) is 0 Å². The van der Waals surface area contributed by atoms with Crippen molar-refractivity contribution >= 4 is 17.3 Å².